The van der Waals surface area contributed by atoms with Crippen LogP contribution < -0.4 is 9.47 Å². The Labute approximate surface area is 201 Å². The molecule has 2 aromatic carbocycles. The summed E-state index contributed by atoms with van der Waals surface area (Å²) in [5, 5.41) is 11.3. The highest BCUT2D eigenvalue weighted by Gasteiger charge is 2.45. The van der Waals surface area contributed by atoms with Crippen LogP contribution in [0.3, 0.4) is 0 Å². The second-order valence-electron chi connectivity index (χ2n) is 8.53. The first-order chi connectivity index (χ1) is 16.4. The van der Waals surface area contributed by atoms with Crippen LogP contribution in [0, 0.1) is 0 Å². The van der Waals surface area contributed by atoms with Crippen LogP contribution in [0.15, 0.2) is 54.1 Å². The highest BCUT2D eigenvalue weighted by atomic mass is 16.5. The summed E-state index contributed by atoms with van der Waals surface area (Å²) >= 11 is 0. The van der Waals surface area contributed by atoms with E-state index in [9.17, 15) is 14.7 Å². The van der Waals surface area contributed by atoms with E-state index in [1.54, 1.807) is 29.2 Å². The van der Waals surface area contributed by atoms with Crippen molar-refractivity contribution in [2.75, 3.05) is 40.4 Å². The summed E-state index contributed by atoms with van der Waals surface area (Å²) in [7, 11) is 3.93. The molecule has 0 saturated carbocycles. The van der Waals surface area contributed by atoms with E-state index in [0.29, 0.717) is 43.2 Å². The molecule has 0 bridgehead atoms. The second-order valence-corrected chi connectivity index (χ2v) is 8.53. The average Bonchev–Trinajstić information content (AvgIpc) is 3.07. The number of rotatable bonds is 11. The van der Waals surface area contributed by atoms with Gasteiger partial charge in [0.25, 0.3) is 11.7 Å². The number of hydrogen-bond acceptors (Lipinski definition) is 6. The van der Waals surface area contributed by atoms with E-state index in [0.717, 1.165) is 18.5 Å². The molecule has 0 aromatic heterocycles. The Morgan fingerprint density at radius 1 is 1.03 bits per heavy atom. The third kappa shape index (κ3) is 5.78. The summed E-state index contributed by atoms with van der Waals surface area (Å²) < 4.78 is 11.3. The van der Waals surface area contributed by atoms with Crippen LogP contribution in [0.5, 0.6) is 11.5 Å². The summed E-state index contributed by atoms with van der Waals surface area (Å²) in [4.78, 5) is 29.9. The van der Waals surface area contributed by atoms with Gasteiger partial charge in [0, 0.05) is 12.1 Å². The molecule has 1 unspecified atom stereocenters. The van der Waals surface area contributed by atoms with Gasteiger partial charge < -0.3 is 24.4 Å². The van der Waals surface area contributed by atoms with Gasteiger partial charge in [0.15, 0.2) is 0 Å². The van der Waals surface area contributed by atoms with Crippen molar-refractivity contribution in [1.82, 2.24) is 9.80 Å². The first-order valence-corrected chi connectivity index (χ1v) is 11.8. The summed E-state index contributed by atoms with van der Waals surface area (Å²) in [5.74, 6) is -0.253. The first kappa shape index (κ1) is 25.3. The Kier molecular flexibility index (Phi) is 8.71. The summed E-state index contributed by atoms with van der Waals surface area (Å²) in [6, 6.07) is 13.6. The number of ketones is 1. The van der Waals surface area contributed by atoms with Crippen LogP contribution in [0.25, 0.3) is 5.76 Å². The normalized spacial score (nSPS) is 17.4. The fraction of sp³-hybridized carbons (Fsp3) is 0.407. The minimum Gasteiger partial charge on any atom is -0.507 e. The lowest BCUT2D eigenvalue weighted by atomic mass is 9.95. The Morgan fingerprint density at radius 3 is 2.41 bits per heavy atom. The van der Waals surface area contributed by atoms with Gasteiger partial charge in [-0.15, -0.1) is 0 Å². The van der Waals surface area contributed by atoms with Crippen molar-refractivity contribution < 1.29 is 24.2 Å². The maximum atomic E-state index is 13.2. The third-order valence-corrected chi connectivity index (χ3v) is 5.61. The number of hydrogen-bond donors (Lipinski definition) is 1. The Bertz CT molecular complexity index is 1050. The molecule has 1 amide bonds. The number of amides is 1. The van der Waals surface area contributed by atoms with Crippen molar-refractivity contribution in [3.63, 3.8) is 0 Å². The van der Waals surface area contributed by atoms with Gasteiger partial charge in [0.1, 0.15) is 17.3 Å². The zero-order valence-electron chi connectivity index (χ0n) is 20.4. The van der Waals surface area contributed by atoms with Crippen LogP contribution in [0.4, 0.5) is 0 Å². The summed E-state index contributed by atoms with van der Waals surface area (Å²) in [6.45, 7) is 6.11. The van der Waals surface area contributed by atoms with E-state index in [4.69, 9.17) is 9.47 Å². The van der Waals surface area contributed by atoms with E-state index in [1.807, 2.05) is 57.1 Å². The molecule has 7 nitrogen and oxygen atoms in total. The Morgan fingerprint density at radius 2 is 1.74 bits per heavy atom. The van der Waals surface area contributed by atoms with Crippen molar-refractivity contribution in [2.24, 2.45) is 0 Å². The predicted molar refractivity (Wildman–Crippen MR) is 132 cm³/mol. The van der Waals surface area contributed by atoms with E-state index < -0.39 is 17.7 Å². The SMILES string of the molecule is CCCOc1cccc(/C(O)=C2/C(=O)C(=O)N(CCCN(C)C)C2c2cccc(OCC)c2)c1. The predicted octanol–water partition coefficient (Wildman–Crippen LogP) is 4.25. The maximum Gasteiger partial charge on any atom is 0.295 e. The topological polar surface area (TPSA) is 79.3 Å². The quantitative estimate of drug-likeness (QED) is 0.303. The van der Waals surface area contributed by atoms with Gasteiger partial charge >= 0.3 is 0 Å². The number of aliphatic hydroxyl groups excluding tert-OH is 1. The molecule has 1 saturated heterocycles. The minimum atomic E-state index is -0.706. The molecule has 34 heavy (non-hydrogen) atoms. The van der Waals surface area contributed by atoms with Crippen LogP contribution in [-0.2, 0) is 9.59 Å². The highest BCUT2D eigenvalue weighted by Crippen LogP contribution is 2.40. The summed E-state index contributed by atoms with van der Waals surface area (Å²) in [5.41, 5.74) is 1.23. The number of aliphatic hydroxyl groups is 1. The van der Waals surface area contributed by atoms with E-state index in [1.165, 1.54) is 0 Å². The van der Waals surface area contributed by atoms with Gasteiger partial charge in [-0.05, 0) is 70.2 Å². The zero-order chi connectivity index (χ0) is 24.7. The molecule has 1 aliphatic heterocycles. The highest BCUT2D eigenvalue weighted by molar-refractivity contribution is 6.46. The second kappa shape index (κ2) is 11.7. The largest absolute Gasteiger partial charge is 0.507 e. The molecule has 7 heteroatoms. The molecule has 0 aliphatic carbocycles. The van der Waals surface area contributed by atoms with E-state index in [2.05, 4.69) is 0 Å². The molecule has 0 radical (unpaired) electrons. The molecule has 3 rings (SSSR count). The van der Waals surface area contributed by atoms with Crippen LogP contribution >= 0.6 is 0 Å². The number of likely N-dealkylation sites (tertiary alicyclic amines) is 1. The third-order valence-electron chi connectivity index (χ3n) is 5.61. The van der Waals surface area contributed by atoms with Crippen LogP contribution in [0.1, 0.15) is 43.9 Å². The molecule has 182 valence electrons. The smallest absolute Gasteiger partial charge is 0.295 e. The minimum absolute atomic E-state index is 0.0798. The zero-order valence-corrected chi connectivity index (χ0v) is 20.4. The Hall–Kier alpha value is -3.32. The molecule has 1 N–H and O–H groups in total. The average molecular weight is 467 g/mol. The fourth-order valence-corrected chi connectivity index (χ4v) is 4.06. The van der Waals surface area contributed by atoms with E-state index >= 15 is 0 Å². The maximum absolute atomic E-state index is 13.2. The molecule has 1 fully saturated rings. The number of carbonyl (C=O) groups is 2. The van der Waals surface area contributed by atoms with Crippen molar-refractivity contribution in [3.8, 4) is 11.5 Å². The summed E-state index contributed by atoms with van der Waals surface area (Å²) in [6.07, 6.45) is 1.55. The Balaban J connectivity index is 2.08. The van der Waals surface area contributed by atoms with Crippen molar-refractivity contribution >= 4 is 17.4 Å². The van der Waals surface area contributed by atoms with Crippen molar-refractivity contribution in [2.45, 2.75) is 32.7 Å². The van der Waals surface area contributed by atoms with Gasteiger partial charge in [-0.3, -0.25) is 9.59 Å². The molecular weight excluding hydrogens is 432 g/mol. The first-order valence-electron chi connectivity index (χ1n) is 11.8. The molecule has 1 atom stereocenters. The number of benzene rings is 2. The number of Topliss-reactive ketones (excluding diaryl/α,β-unsaturated/α-hetero) is 1. The van der Waals surface area contributed by atoms with Gasteiger partial charge in [-0.1, -0.05) is 31.2 Å². The molecular formula is C27H34N2O5. The van der Waals surface area contributed by atoms with Crippen molar-refractivity contribution in [3.05, 3.63) is 65.2 Å². The van der Waals surface area contributed by atoms with Gasteiger partial charge in [-0.25, -0.2) is 0 Å². The monoisotopic (exact) mass is 466 g/mol. The molecule has 2 aromatic rings. The standard InChI is InChI=1S/C27H34N2O5/c1-5-16-34-22-13-8-11-20(18-22)25(30)23-24(19-10-7-12-21(17-19)33-6-2)29(27(32)26(23)31)15-9-14-28(3)4/h7-8,10-13,17-18,24,30H,5-6,9,14-16H2,1-4H3/b25-23-. The van der Waals surface area contributed by atoms with Crippen LogP contribution in [0.2, 0.25) is 0 Å². The lowest BCUT2D eigenvalue weighted by Crippen LogP contribution is -2.32. The number of nitrogens with zero attached hydrogens (tertiary/aromatic N) is 2. The number of ether oxygens (including phenoxy) is 2. The lowest BCUT2D eigenvalue weighted by molar-refractivity contribution is -0.139. The van der Waals surface area contributed by atoms with Gasteiger partial charge in [-0.2, -0.15) is 0 Å². The lowest BCUT2D eigenvalue weighted by Gasteiger charge is -2.26. The van der Waals surface area contributed by atoms with Crippen molar-refractivity contribution in [1.29, 1.82) is 0 Å². The fourth-order valence-electron chi connectivity index (χ4n) is 4.06. The van der Waals surface area contributed by atoms with E-state index in [-0.39, 0.29) is 11.3 Å². The molecule has 0 spiro atoms. The number of carbonyl (C=O) groups excluding carboxylic acids is 2. The van der Waals surface area contributed by atoms with Crippen LogP contribution in [-0.4, -0.2) is 67.0 Å². The molecule has 1 heterocycles. The van der Waals surface area contributed by atoms with Gasteiger partial charge in [0.05, 0.1) is 24.8 Å². The molecule has 1 aliphatic rings. The van der Waals surface area contributed by atoms with Gasteiger partial charge in [0.2, 0.25) is 0 Å².